The molecular formula is C18H17NO6. The van der Waals surface area contributed by atoms with E-state index in [9.17, 15) is 19.5 Å². The SMILES string of the molecule is COC(=O)COc1cccc(/C=C/C(=O)c2c(C)cc(O)[nH]c2=O)c1. The zero-order valence-corrected chi connectivity index (χ0v) is 13.7. The molecule has 0 aliphatic heterocycles. The molecule has 7 nitrogen and oxygen atoms in total. The van der Waals surface area contributed by atoms with E-state index in [4.69, 9.17) is 4.74 Å². The normalized spacial score (nSPS) is 10.6. The molecule has 0 spiro atoms. The zero-order chi connectivity index (χ0) is 18.4. The molecule has 25 heavy (non-hydrogen) atoms. The summed E-state index contributed by atoms with van der Waals surface area (Å²) in [5.41, 5.74) is 0.351. The van der Waals surface area contributed by atoms with Crippen LogP contribution in [0.25, 0.3) is 6.08 Å². The number of aryl methyl sites for hydroxylation is 1. The van der Waals surface area contributed by atoms with Crippen LogP contribution in [0.3, 0.4) is 0 Å². The summed E-state index contributed by atoms with van der Waals surface area (Å²) in [4.78, 5) is 37.3. The number of aromatic amines is 1. The Bertz CT molecular complexity index is 881. The zero-order valence-electron chi connectivity index (χ0n) is 13.7. The number of pyridine rings is 1. The second kappa shape index (κ2) is 7.96. The number of carbonyl (C=O) groups is 2. The molecule has 1 aromatic carbocycles. The number of allylic oxidation sites excluding steroid dienone is 1. The van der Waals surface area contributed by atoms with Crippen molar-refractivity contribution in [2.75, 3.05) is 13.7 Å². The van der Waals surface area contributed by atoms with Crippen molar-refractivity contribution in [3.05, 3.63) is 63.5 Å². The summed E-state index contributed by atoms with van der Waals surface area (Å²) in [6, 6.07) is 8.05. The molecule has 0 saturated carbocycles. The van der Waals surface area contributed by atoms with E-state index in [0.29, 0.717) is 16.9 Å². The van der Waals surface area contributed by atoms with Crippen molar-refractivity contribution in [2.45, 2.75) is 6.92 Å². The van der Waals surface area contributed by atoms with Gasteiger partial charge in [0.2, 0.25) is 0 Å². The first-order valence-electron chi connectivity index (χ1n) is 7.35. The number of carbonyl (C=O) groups excluding carboxylic acids is 2. The van der Waals surface area contributed by atoms with Gasteiger partial charge in [-0.15, -0.1) is 0 Å². The number of rotatable bonds is 6. The molecule has 1 aromatic heterocycles. The summed E-state index contributed by atoms with van der Waals surface area (Å²) >= 11 is 0. The summed E-state index contributed by atoms with van der Waals surface area (Å²) in [6.45, 7) is 1.35. The third-order valence-electron chi connectivity index (χ3n) is 3.33. The van der Waals surface area contributed by atoms with Gasteiger partial charge in [0.25, 0.3) is 5.56 Å². The Labute approximate surface area is 143 Å². The number of hydrogen-bond acceptors (Lipinski definition) is 6. The first-order chi connectivity index (χ1) is 11.9. The van der Waals surface area contributed by atoms with Gasteiger partial charge in [0.05, 0.1) is 12.7 Å². The minimum atomic E-state index is -0.651. The molecule has 0 aliphatic carbocycles. The van der Waals surface area contributed by atoms with Crippen LogP contribution < -0.4 is 10.3 Å². The van der Waals surface area contributed by atoms with Crippen LogP contribution in [0.4, 0.5) is 0 Å². The fraction of sp³-hybridized carbons (Fsp3) is 0.167. The van der Waals surface area contributed by atoms with Crippen molar-refractivity contribution < 1.29 is 24.2 Å². The van der Waals surface area contributed by atoms with Gasteiger partial charge in [-0.05, 0) is 36.3 Å². The highest BCUT2D eigenvalue weighted by Crippen LogP contribution is 2.15. The molecule has 0 radical (unpaired) electrons. The van der Waals surface area contributed by atoms with E-state index in [1.54, 1.807) is 31.2 Å². The van der Waals surface area contributed by atoms with Crippen molar-refractivity contribution >= 4 is 17.8 Å². The summed E-state index contributed by atoms with van der Waals surface area (Å²) in [6.07, 6.45) is 2.78. The third-order valence-corrected chi connectivity index (χ3v) is 3.33. The summed E-state index contributed by atoms with van der Waals surface area (Å²) in [5.74, 6) is -0.838. The average molecular weight is 343 g/mol. The van der Waals surface area contributed by atoms with Crippen LogP contribution in [0.15, 0.2) is 41.2 Å². The molecule has 7 heteroatoms. The number of H-pyrrole nitrogens is 1. The van der Waals surface area contributed by atoms with Crippen LogP contribution in [0.1, 0.15) is 21.5 Å². The highest BCUT2D eigenvalue weighted by Gasteiger charge is 2.12. The van der Waals surface area contributed by atoms with E-state index in [-0.39, 0.29) is 18.1 Å². The van der Waals surface area contributed by atoms with Crippen molar-refractivity contribution in [2.24, 2.45) is 0 Å². The van der Waals surface area contributed by atoms with Gasteiger partial charge in [0.1, 0.15) is 5.75 Å². The predicted molar refractivity (Wildman–Crippen MR) is 90.8 cm³/mol. The number of hydrogen-bond donors (Lipinski definition) is 2. The van der Waals surface area contributed by atoms with Crippen molar-refractivity contribution in [1.29, 1.82) is 0 Å². The van der Waals surface area contributed by atoms with Crippen molar-refractivity contribution in [1.82, 2.24) is 4.98 Å². The Morgan fingerprint density at radius 1 is 1.28 bits per heavy atom. The number of nitrogens with one attached hydrogen (secondary N) is 1. The number of methoxy groups -OCH3 is 1. The lowest BCUT2D eigenvalue weighted by Gasteiger charge is -2.05. The molecule has 0 amide bonds. The monoisotopic (exact) mass is 343 g/mol. The molecule has 0 aliphatic rings. The molecule has 0 bridgehead atoms. The Morgan fingerprint density at radius 2 is 2.04 bits per heavy atom. The Morgan fingerprint density at radius 3 is 2.72 bits per heavy atom. The lowest BCUT2D eigenvalue weighted by atomic mass is 10.1. The minimum Gasteiger partial charge on any atom is -0.495 e. The first kappa shape index (κ1) is 18.0. The third kappa shape index (κ3) is 4.81. The molecule has 2 rings (SSSR count). The number of benzene rings is 1. The predicted octanol–water partition coefficient (Wildman–Crippen LogP) is 1.84. The van der Waals surface area contributed by atoms with E-state index in [2.05, 4.69) is 9.72 Å². The summed E-state index contributed by atoms with van der Waals surface area (Å²) in [7, 11) is 1.27. The Hall–Kier alpha value is -3.35. The van der Waals surface area contributed by atoms with Gasteiger partial charge in [-0.1, -0.05) is 18.2 Å². The van der Waals surface area contributed by atoms with Crippen LogP contribution in [0, 0.1) is 6.92 Å². The van der Waals surface area contributed by atoms with Gasteiger partial charge in [-0.3, -0.25) is 14.6 Å². The fourth-order valence-corrected chi connectivity index (χ4v) is 2.14. The van der Waals surface area contributed by atoms with E-state index < -0.39 is 17.3 Å². The number of esters is 1. The van der Waals surface area contributed by atoms with Crippen molar-refractivity contribution in [3.8, 4) is 11.6 Å². The Kier molecular flexibility index (Phi) is 5.73. The van der Waals surface area contributed by atoms with Gasteiger partial charge in [0, 0.05) is 6.07 Å². The lowest BCUT2D eigenvalue weighted by molar-refractivity contribution is -0.142. The van der Waals surface area contributed by atoms with Gasteiger partial charge >= 0.3 is 5.97 Å². The second-order valence-electron chi connectivity index (χ2n) is 5.18. The molecule has 0 unspecified atom stereocenters. The minimum absolute atomic E-state index is 0.0351. The molecule has 0 atom stereocenters. The molecule has 2 N–H and O–H groups in total. The van der Waals surface area contributed by atoms with Gasteiger partial charge in [-0.25, -0.2) is 4.79 Å². The van der Waals surface area contributed by atoms with Gasteiger partial charge in [0.15, 0.2) is 18.3 Å². The molecule has 0 fully saturated rings. The first-order valence-corrected chi connectivity index (χ1v) is 7.35. The van der Waals surface area contributed by atoms with Crippen LogP contribution >= 0.6 is 0 Å². The number of ether oxygens (including phenoxy) is 2. The van der Waals surface area contributed by atoms with Gasteiger partial charge < -0.3 is 14.6 Å². The maximum Gasteiger partial charge on any atom is 0.343 e. The van der Waals surface area contributed by atoms with E-state index in [0.717, 1.165) is 0 Å². The average Bonchev–Trinajstić information content (AvgIpc) is 2.57. The van der Waals surface area contributed by atoms with Crippen LogP contribution in [0.5, 0.6) is 11.6 Å². The molecule has 0 saturated heterocycles. The fourth-order valence-electron chi connectivity index (χ4n) is 2.14. The van der Waals surface area contributed by atoms with E-state index in [1.165, 1.54) is 25.3 Å². The highest BCUT2D eigenvalue weighted by atomic mass is 16.6. The largest absolute Gasteiger partial charge is 0.495 e. The number of aromatic nitrogens is 1. The van der Waals surface area contributed by atoms with Crippen molar-refractivity contribution in [3.63, 3.8) is 0 Å². The van der Waals surface area contributed by atoms with Gasteiger partial charge in [-0.2, -0.15) is 0 Å². The quantitative estimate of drug-likeness (QED) is 0.471. The number of aromatic hydroxyl groups is 1. The van der Waals surface area contributed by atoms with Crippen LogP contribution in [-0.2, 0) is 9.53 Å². The smallest absolute Gasteiger partial charge is 0.343 e. The molecule has 2 aromatic rings. The van der Waals surface area contributed by atoms with E-state index in [1.807, 2.05) is 0 Å². The van der Waals surface area contributed by atoms with Crippen LogP contribution in [-0.4, -0.2) is 35.6 Å². The summed E-state index contributed by atoms with van der Waals surface area (Å²) in [5, 5.41) is 9.31. The topological polar surface area (TPSA) is 106 Å². The summed E-state index contributed by atoms with van der Waals surface area (Å²) < 4.78 is 9.75. The maximum absolute atomic E-state index is 12.2. The molecule has 130 valence electrons. The maximum atomic E-state index is 12.2. The van der Waals surface area contributed by atoms with Crippen LogP contribution in [0.2, 0.25) is 0 Å². The second-order valence-corrected chi connectivity index (χ2v) is 5.18. The standard InChI is InChI=1S/C18H17NO6/c1-11-8-15(21)19-18(23)17(11)14(20)7-6-12-4-3-5-13(9-12)25-10-16(22)24-2/h3-9H,10H2,1-2H3,(H2,19,21,23)/b7-6+. The molecular weight excluding hydrogens is 326 g/mol. The Balaban J connectivity index is 2.15. The number of ketones is 1. The highest BCUT2D eigenvalue weighted by molar-refractivity contribution is 6.07. The lowest BCUT2D eigenvalue weighted by Crippen LogP contribution is -2.18. The van der Waals surface area contributed by atoms with E-state index >= 15 is 0 Å². The molecule has 1 heterocycles.